The summed E-state index contributed by atoms with van der Waals surface area (Å²) < 4.78 is 18.6. The van der Waals surface area contributed by atoms with E-state index in [0.29, 0.717) is 31.8 Å². The van der Waals surface area contributed by atoms with Crippen LogP contribution >= 0.6 is 18.0 Å². The maximum Gasteiger partial charge on any atom is 0.257 e. The van der Waals surface area contributed by atoms with E-state index in [-0.39, 0.29) is 93.8 Å². The summed E-state index contributed by atoms with van der Waals surface area (Å²) in [5.74, 6) is 5.58. The van der Waals surface area contributed by atoms with Crippen molar-refractivity contribution in [1.29, 1.82) is 0 Å². The van der Waals surface area contributed by atoms with Crippen LogP contribution in [-0.4, -0.2) is 67.3 Å². The van der Waals surface area contributed by atoms with E-state index in [9.17, 15) is 23.7 Å². The first-order valence-corrected chi connectivity index (χ1v) is 17.5. The quantitative estimate of drug-likeness (QED) is 0.139. The second-order valence-electron chi connectivity index (χ2n) is 9.90. The van der Waals surface area contributed by atoms with Gasteiger partial charge >= 0.3 is 0 Å². The zero-order valence-corrected chi connectivity index (χ0v) is 25.8. The Bertz CT molecular complexity index is 977. The molecule has 10 nitrogen and oxygen atoms in total. The minimum Gasteiger partial charge on any atom is -0.350 e. The van der Waals surface area contributed by atoms with Gasteiger partial charge in [-0.1, -0.05) is 36.1 Å². The van der Waals surface area contributed by atoms with Gasteiger partial charge in [-0.25, -0.2) is 0 Å². The number of rotatable bonds is 18. The normalized spacial score (nSPS) is 17.9. The molecule has 0 aromatic heterocycles. The summed E-state index contributed by atoms with van der Waals surface area (Å²) >= 11 is 1.24. The topological polar surface area (TPSA) is 143 Å². The molecule has 0 spiro atoms. The fourth-order valence-electron chi connectivity index (χ4n) is 4.60. The first-order chi connectivity index (χ1) is 19.6. The SMILES string of the molecule is C#CCNC(=O)CCC(CCC(=O)NCC#C)(CCC(=O)NCC#C)NC(=O)C1CCC(OP(=O)(CC)SC)CC1. The van der Waals surface area contributed by atoms with Crippen molar-refractivity contribution in [2.45, 2.75) is 82.8 Å². The maximum absolute atomic E-state index is 13.6. The van der Waals surface area contributed by atoms with Crippen molar-refractivity contribution in [3.8, 4) is 37.0 Å². The largest absolute Gasteiger partial charge is 0.350 e. The lowest BCUT2D eigenvalue weighted by Crippen LogP contribution is -2.52. The molecule has 4 N–H and O–H groups in total. The lowest BCUT2D eigenvalue weighted by Gasteiger charge is -2.38. The number of carbonyl (C=O) groups is 4. The van der Waals surface area contributed by atoms with E-state index in [1.165, 1.54) is 11.4 Å². The second-order valence-corrected chi connectivity index (χ2v) is 15.1. The van der Waals surface area contributed by atoms with Crippen LogP contribution in [0.4, 0.5) is 0 Å². The predicted molar refractivity (Wildman–Crippen MR) is 163 cm³/mol. The standard InChI is InChI=1S/C29H43N4O6PS/c1-6-20-30-25(34)14-17-29(18-15-26(35)31-21-7-2,19-16-27(36)32-22-8-3)33-28(37)23-10-12-24(13-11-23)39-40(38,9-4)41-5/h1-3,23-24H,9-22H2,4-5H3,(H,30,34)(H,31,35)(H,32,36)(H,33,37). The van der Waals surface area contributed by atoms with E-state index >= 15 is 0 Å². The lowest BCUT2D eigenvalue weighted by atomic mass is 9.81. The molecule has 0 saturated heterocycles. The Balaban J connectivity index is 3.09. The Hall–Kier alpha value is -2.90. The van der Waals surface area contributed by atoms with Gasteiger partial charge in [-0.15, -0.1) is 19.3 Å². The molecule has 0 bridgehead atoms. The van der Waals surface area contributed by atoms with Gasteiger partial charge in [-0.3, -0.25) is 23.7 Å². The van der Waals surface area contributed by atoms with Gasteiger partial charge in [0.1, 0.15) is 0 Å². The summed E-state index contributed by atoms with van der Waals surface area (Å²) in [6, 6.07) is 0. The number of carbonyl (C=O) groups excluding carboxylic acids is 4. The van der Waals surface area contributed by atoms with Crippen molar-refractivity contribution >= 4 is 41.6 Å². The highest BCUT2D eigenvalue weighted by Crippen LogP contribution is 2.59. The highest BCUT2D eigenvalue weighted by molar-refractivity contribution is 8.56. The van der Waals surface area contributed by atoms with Crippen molar-refractivity contribution in [3.63, 3.8) is 0 Å². The minimum absolute atomic E-state index is 0.0292. The molecule has 0 radical (unpaired) electrons. The first-order valence-electron chi connectivity index (χ1n) is 13.8. The highest BCUT2D eigenvalue weighted by atomic mass is 32.7. The van der Waals surface area contributed by atoms with Crippen LogP contribution in [-0.2, 0) is 28.3 Å². The summed E-state index contributed by atoms with van der Waals surface area (Å²) in [5.41, 5.74) is -1.03. The molecular formula is C29H43N4O6PS. The molecule has 0 heterocycles. The smallest absolute Gasteiger partial charge is 0.257 e. The van der Waals surface area contributed by atoms with E-state index in [4.69, 9.17) is 23.8 Å². The number of amides is 4. The molecule has 1 aliphatic carbocycles. The molecule has 12 heteroatoms. The molecule has 1 rings (SSSR count). The molecule has 1 unspecified atom stereocenters. The molecule has 1 saturated carbocycles. The third-order valence-corrected chi connectivity index (χ3v) is 11.7. The minimum atomic E-state index is -2.74. The van der Waals surface area contributed by atoms with Crippen molar-refractivity contribution in [3.05, 3.63) is 0 Å². The molecular weight excluding hydrogens is 563 g/mol. The van der Waals surface area contributed by atoms with E-state index in [2.05, 4.69) is 39.0 Å². The highest BCUT2D eigenvalue weighted by Gasteiger charge is 2.37. The monoisotopic (exact) mass is 606 g/mol. The van der Waals surface area contributed by atoms with Crippen LogP contribution < -0.4 is 21.3 Å². The van der Waals surface area contributed by atoms with E-state index in [0.717, 1.165) is 0 Å². The van der Waals surface area contributed by atoms with Crippen LogP contribution in [0.1, 0.15) is 71.1 Å². The van der Waals surface area contributed by atoms with Crippen molar-refractivity contribution in [1.82, 2.24) is 21.3 Å². The molecule has 4 amide bonds. The number of nitrogens with one attached hydrogen (secondary N) is 4. The molecule has 1 aliphatic rings. The fraction of sp³-hybridized carbons (Fsp3) is 0.655. The number of hydrogen-bond donors (Lipinski definition) is 4. The lowest BCUT2D eigenvalue weighted by molar-refractivity contribution is -0.131. The zero-order valence-electron chi connectivity index (χ0n) is 24.1. The van der Waals surface area contributed by atoms with Gasteiger partial charge in [0.15, 0.2) is 0 Å². The van der Waals surface area contributed by atoms with Crippen molar-refractivity contribution in [2.75, 3.05) is 32.1 Å². The molecule has 0 aromatic carbocycles. The van der Waals surface area contributed by atoms with Gasteiger partial charge in [-0.05, 0) is 51.2 Å². The summed E-state index contributed by atoms with van der Waals surface area (Å²) in [6.07, 6.45) is 20.7. The summed E-state index contributed by atoms with van der Waals surface area (Å²) in [5, 5.41) is 11.0. The van der Waals surface area contributed by atoms with E-state index in [1.807, 2.05) is 6.92 Å². The van der Waals surface area contributed by atoms with Crippen LogP contribution in [0.3, 0.4) is 0 Å². The maximum atomic E-state index is 13.6. The van der Waals surface area contributed by atoms with Gasteiger partial charge < -0.3 is 25.8 Å². The summed E-state index contributed by atoms with van der Waals surface area (Å²) in [4.78, 5) is 50.9. The zero-order chi connectivity index (χ0) is 30.7. The fourth-order valence-corrected chi connectivity index (χ4v) is 7.16. The van der Waals surface area contributed by atoms with Gasteiger partial charge in [0, 0.05) is 36.9 Å². The molecule has 1 atom stereocenters. The second kappa shape index (κ2) is 19.3. The van der Waals surface area contributed by atoms with Gasteiger partial charge in [0.05, 0.1) is 25.7 Å². The van der Waals surface area contributed by atoms with Crippen LogP contribution in [0.15, 0.2) is 0 Å². The average Bonchev–Trinajstić information content (AvgIpc) is 2.98. The Morgan fingerprint density at radius 1 is 0.829 bits per heavy atom. The van der Waals surface area contributed by atoms with Crippen molar-refractivity contribution in [2.24, 2.45) is 5.92 Å². The Morgan fingerprint density at radius 3 is 1.59 bits per heavy atom. The molecule has 41 heavy (non-hydrogen) atoms. The van der Waals surface area contributed by atoms with Crippen LogP contribution in [0.5, 0.6) is 0 Å². The van der Waals surface area contributed by atoms with Crippen molar-refractivity contribution < 1.29 is 28.3 Å². The van der Waals surface area contributed by atoms with Gasteiger partial charge in [0.2, 0.25) is 23.6 Å². The first kappa shape index (κ1) is 36.1. The van der Waals surface area contributed by atoms with E-state index in [1.54, 1.807) is 6.26 Å². The summed E-state index contributed by atoms with van der Waals surface area (Å²) in [6.45, 7) is -0.715. The third kappa shape index (κ3) is 14.0. The molecule has 0 aromatic rings. The molecule has 226 valence electrons. The van der Waals surface area contributed by atoms with Crippen LogP contribution in [0, 0.1) is 42.9 Å². The molecule has 0 aliphatic heterocycles. The molecule has 1 fully saturated rings. The predicted octanol–water partition coefficient (Wildman–Crippen LogP) is 2.58. The Morgan fingerprint density at radius 2 is 1.24 bits per heavy atom. The Kier molecular flexibility index (Phi) is 17.0. The van der Waals surface area contributed by atoms with Crippen LogP contribution in [0.25, 0.3) is 0 Å². The summed E-state index contributed by atoms with van der Waals surface area (Å²) in [7, 11) is 0. The third-order valence-electron chi connectivity index (χ3n) is 7.06. The Labute approximate surface area is 248 Å². The number of hydrogen-bond acceptors (Lipinski definition) is 7. The average molecular weight is 607 g/mol. The van der Waals surface area contributed by atoms with Crippen LogP contribution in [0.2, 0.25) is 0 Å². The number of terminal acetylenes is 3. The van der Waals surface area contributed by atoms with E-state index < -0.39 is 12.1 Å². The van der Waals surface area contributed by atoms with Gasteiger partial charge in [0.25, 0.3) is 6.57 Å². The van der Waals surface area contributed by atoms with Gasteiger partial charge in [-0.2, -0.15) is 0 Å².